The molecule has 1 fully saturated rings. The van der Waals surface area contributed by atoms with Gasteiger partial charge in [0.05, 0.1) is 0 Å². The second-order valence-electron chi connectivity index (χ2n) is 3.97. The molecule has 1 saturated heterocycles. The average molecular weight is 212 g/mol. The van der Waals surface area contributed by atoms with Crippen LogP contribution < -0.4 is 0 Å². The van der Waals surface area contributed by atoms with E-state index < -0.39 is 6.09 Å². The predicted molar refractivity (Wildman–Crippen MR) is 55.3 cm³/mol. The molecule has 84 valence electrons. The van der Waals surface area contributed by atoms with Crippen molar-refractivity contribution in [3.63, 3.8) is 0 Å². The zero-order valence-electron chi connectivity index (χ0n) is 9.23. The molecule has 0 spiro atoms. The maximum atomic E-state index is 11.8. The topological polar surface area (TPSA) is 60.9 Å². The highest BCUT2D eigenvalue weighted by atomic mass is 16.4. The first-order valence-electron chi connectivity index (χ1n) is 4.86. The van der Waals surface area contributed by atoms with Crippen molar-refractivity contribution in [1.29, 1.82) is 0 Å². The third kappa shape index (κ3) is 2.49. The largest absolute Gasteiger partial charge is 0.465 e. The summed E-state index contributed by atoms with van der Waals surface area (Å²) in [6.07, 6.45) is 1.09. The van der Waals surface area contributed by atoms with Crippen LogP contribution in [0.15, 0.2) is 11.9 Å². The highest BCUT2D eigenvalue weighted by Crippen LogP contribution is 2.22. The summed E-state index contributed by atoms with van der Waals surface area (Å²) in [7, 11) is 3.53. The number of rotatable bonds is 1. The minimum atomic E-state index is -1.07. The smallest absolute Gasteiger partial charge is 0.411 e. The van der Waals surface area contributed by atoms with E-state index in [4.69, 9.17) is 5.11 Å². The van der Waals surface area contributed by atoms with Gasteiger partial charge in [-0.25, -0.2) is 4.79 Å². The highest BCUT2D eigenvalue weighted by Gasteiger charge is 2.32. The van der Waals surface area contributed by atoms with Gasteiger partial charge in [-0.1, -0.05) is 6.92 Å². The van der Waals surface area contributed by atoms with E-state index in [0.717, 1.165) is 4.90 Å². The predicted octanol–water partition coefficient (Wildman–Crippen LogP) is 0.978. The molecule has 5 heteroatoms. The molecule has 0 saturated carbocycles. The van der Waals surface area contributed by atoms with Crippen LogP contribution in [-0.2, 0) is 4.79 Å². The zero-order chi connectivity index (χ0) is 11.6. The Hall–Kier alpha value is -1.52. The fraction of sp³-hybridized carbons (Fsp3) is 0.600. The molecule has 1 atom stereocenters. The van der Waals surface area contributed by atoms with Gasteiger partial charge >= 0.3 is 6.09 Å². The molecule has 1 aliphatic heterocycles. The van der Waals surface area contributed by atoms with Crippen LogP contribution in [0, 0.1) is 5.92 Å². The zero-order valence-corrected chi connectivity index (χ0v) is 9.23. The van der Waals surface area contributed by atoms with Crippen molar-refractivity contribution in [3.8, 4) is 0 Å². The standard InChI is InChI=1S/C10H16N2O3/c1-7-4-5-12(10(14)15)8(9(7)13)6-11(2)3/h6-7H,4-5H2,1-3H3,(H,14,15). The van der Waals surface area contributed by atoms with Gasteiger partial charge in [0.15, 0.2) is 5.78 Å². The van der Waals surface area contributed by atoms with E-state index in [2.05, 4.69) is 0 Å². The van der Waals surface area contributed by atoms with Crippen LogP contribution in [0.5, 0.6) is 0 Å². The maximum Gasteiger partial charge on any atom is 0.411 e. The fourth-order valence-electron chi connectivity index (χ4n) is 1.54. The van der Waals surface area contributed by atoms with Crippen LogP contribution in [-0.4, -0.2) is 47.4 Å². The maximum absolute atomic E-state index is 11.8. The number of allylic oxidation sites excluding steroid dienone is 1. The van der Waals surface area contributed by atoms with E-state index in [-0.39, 0.29) is 17.4 Å². The van der Waals surface area contributed by atoms with E-state index in [1.165, 1.54) is 0 Å². The molecule has 1 rings (SSSR count). The van der Waals surface area contributed by atoms with Crippen molar-refractivity contribution in [2.24, 2.45) is 5.92 Å². The third-order valence-corrected chi connectivity index (χ3v) is 2.39. The van der Waals surface area contributed by atoms with Crippen molar-refractivity contribution in [1.82, 2.24) is 9.80 Å². The van der Waals surface area contributed by atoms with Gasteiger partial charge < -0.3 is 10.0 Å². The van der Waals surface area contributed by atoms with E-state index in [1.807, 2.05) is 6.92 Å². The normalized spacial score (nSPS) is 24.5. The number of hydrogen-bond acceptors (Lipinski definition) is 3. The van der Waals surface area contributed by atoms with Crippen molar-refractivity contribution >= 4 is 11.9 Å². The number of hydrogen-bond donors (Lipinski definition) is 1. The number of nitrogens with zero attached hydrogens (tertiary/aromatic N) is 2. The summed E-state index contributed by atoms with van der Waals surface area (Å²) in [6, 6.07) is 0. The first kappa shape index (κ1) is 11.6. The van der Waals surface area contributed by atoms with Crippen LogP contribution in [0.3, 0.4) is 0 Å². The lowest BCUT2D eigenvalue weighted by Gasteiger charge is -2.30. The molecule has 15 heavy (non-hydrogen) atoms. The summed E-state index contributed by atoms with van der Waals surface area (Å²) < 4.78 is 0. The molecule has 1 amide bonds. The van der Waals surface area contributed by atoms with Gasteiger partial charge in [0.2, 0.25) is 0 Å². The van der Waals surface area contributed by atoms with Crippen molar-refractivity contribution in [3.05, 3.63) is 11.9 Å². The Kier molecular flexibility index (Phi) is 3.34. The fourth-order valence-corrected chi connectivity index (χ4v) is 1.54. The lowest BCUT2D eigenvalue weighted by Crippen LogP contribution is -2.41. The van der Waals surface area contributed by atoms with Gasteiger partial charge in [-0.15, -0.1) is 0 Å². The van der Waals surface area contributed by atoms with Crippen LogP contribution in [0.25, 0.3) is 0 Å². The summed E-state index contributed by atoms with van der Waals surface area (Å²) >= 11 is 0. The number of carbonyl (C=O) groups excluding carboxylic acids is 1. The van der Waals surface area contributed by atoms with Crippen molar-refractivity contribution < 1.29 is 14.7 Å². The molecule has 1 aliphatic rings. The van der Waals surface area contributed by atoms with Crippen LogP contribution >= 0.6 is 0 Å². The molecule has 1 N–H and O–H groups in total. The molecule has 1 unspecified atom stereocenters. The third-order valence-electron chi connectivity index (χ3n) is 2.39. The Morgan fingerprint density at radius 3 is 2.67 bits per heavy atom. The number of ketones is 1. The molecular weight excluding hydrogens is 196 g/mol. The van der Waals surface area contributed by atoms with Crippen molar-refractivity contribution in [2.75, 3.05) is 20.6 Å². The Balaban J connectivity index is 3.00. The summed E-state index contributed by atoms with van der Waals surface area (Å²) in [5, 5.41) is 8.94. The summed E-state index contributed by atoms with van der Waals surface area (Å²) in [5.74, 6) is -0.191. The first-order chi connectivity index (χ1) is 6.93. The molecule has 1 heterocycles. The van der Waals surface area contributed by atoms with Gasteiger partial charge in [-0.3, -0.25) is 9.69 Å². The molecule has 0 aromatic heterocycles. The highest BCUT2D eigenvalue weighted by molar-refractivity contribution is 5.99. The summed E-state index contributed by atoms with van der Waals surface area (Å²) in [6.45, 7) is 2.22. The molecule has 0 aromatic rings. The summed E-state index contributed by atoms with van der Waals surface area (Å²) in [4.78, 5) is 25.5. The number of Topliss-reactive ketones (excluding diaryl/α,β-unsaturated/α-hetero) is 1. The monoisotopic (exact) mass is 212 g/mol. The van der Waals surface area contributed by atoms with Crippen LogP contribution in [0.2, 0.25) is 0 Å². The molecule has 0 aliphatic carbocycles. The van der Waals surface area contributed by atoms with E-state index in [9.17, 15) is 9.59 Å². The number of carboxylic acid groups (broad SMARTS) is 1. The second kappa shape index (κ2) is 4.33. The van der Waals surface area contributed by atoms with E-state index in [0.29, 0.717) is 13.0 Å². The Morgan fingerprint density at radius 2 is 2.20 bits per heavy atom. The van der Waals surface area contributed by atoms with Crippen molar-refractivity contribution in [2.45, 2.75) is 13.3 Å². The molecular formula is C10H16N2O3. The second-order valence-corrected chi connectivity index (χ2v) is 3.97. The number of carbonyl (C=O) groups is 2. The van der Waals surface area contributed by atoms with Gasteiger partial charge in [-0.05, 0) is 6.42 Å². The van der Waals surface area contributed by atoms with E-state index >= 15 is 0 Å². The SMILES string of the molecule is CC1CCN(C(=O)O)C(=CN(C)C)C1=O. The van der Waals surface area contributed by atoms with Gasteiger partial charge in [-0.2, -0.15) is 0 Å². The Morgan fingerprint density at radius 1 is 1.60 bits per heavy atom. The first-order valence-corrected chi connectivity index (χ1v) is 4.86. The van der Waals surface area contributed by atoms with E-state index in [1.54, 1.807) is 25.2 Å². The average Bonchev–Trinajstić information content (AvgIpc) is 2.12. The Labute approximate surface area is 89.0 Å². The lowest BCUT2D eigenvalue weighted by molar-refractivity contribution is -0.122. The van der Waals surface area contributed by atoms with Gasteiger partial charge in [0.25, 0.3) is 0 Å². The van der Waals surface area contributed by atoms with Crippen LogP contribution in [0.4, 0.5) is 4.79 Å². The number of amides is 1. The minimum absolute atomic E-state index is 0.0909. The molecule has 0 bridgehead atoms. The molecule has 0 radical (unpaired) electrons. The summed E-state index contributed by atoms with van der Waals surface area (Å²) in [5.41, 5.74) is 0.270. The quantitative estimate of drug-likeness (QED) is 0.658. The molecule has 0 aromatic carbocycles. The van der Waals surface area contributed by atoms with Gasteiger partial charge in [0, 0.05) is 32.8 Å². The molecule has 5 nitrogen and oxygen atoms in total. The number of piperidine rings is 1. The lowest BCUT2D eigenvalue weighted by atomic mass is 9.95. The minimum Gasteiger partial charge on any atom is -0.465 e. The number of likely N-dealkylation sites (tertiary alicyclic amines) is 1. The Bertz CT molecular complexity index is 310. The van der Waals surface area contributed by atoms with Gasteiger partial charge in [0.1, 0.15) is 5.70 Å². The van der Waals surface area contributed by atoms with Crippen LogP contribution in [0.1, 0.15) is 13.3 Å².